The van der Waals surface area contributed by atoms with E-state index in [0.717, 1.165) is 12.8 Å². The van der Waals surface area contributed by atoms with Crippen LogP contribution in [0.15, 0.2) is 28.8 Å². The van der Waals surface area contributed by atoms with Crippen molar-refractivity contribution in [3.8, 4) is 0 Å². The number of hydrogen-bond donors (Lipinski definition) is 1. The largest absolute Gasteiger partial charge is 0.383 e. The summed E-state index contributed by atoms with van der Waals surface area (Å²) in [5.41, 5.74) is 0.445. The quantitative estimate of drug-likeness (QED) is 0.781. The fourth-order valence-electron chi connectivity index (χ4n) is 2.55. The normalized spacial score (nSPS) is 14.9. The van der Waals surface area contributed by atoms with Crippen molar-refractivity contribution in [1.29, 1.82) is 0 Å². The molecule has 1 atom stereocenters. The number of methoxy groups -OCH3 is 1. The summed E-state index contributed by atoms with van der Waals surface area (Å²) in [6.07, 6.45) is 2.15. The lowest BCUT2D eigenvalue weighted by atomic mass is 10.2. The highest BCUT2D eigenvalue weighted by atomic mass is 19.1. The lowest BCUT2D eigenvalue weighted by Gasteiger charge is -2.24. The minimum atomic E-state index is -0.437. The Kier molecular flexibility index (Phi) is 5.82. The summed E-state index contributed by atoms with van der Waals surface area (Å²) in [6.45, 7) is 2.61. The highest BCUT2D eigenvalue weighted by Gasteiger charge is 2.30. The molecule has 1 aliphatic carbocycles. The van der Waals surface area contributed by atoms with Crippen LogP contribution in [0.2, 0.25) is 0 Å². The van der Waals surface area contributed by atoms with Gasteiger partial charge in [0.05, 0.1) is 13.2 Å². The number of nitrogens with zero attached hydrogens (tertiary/aromatic N) is 3. The van der Waals surface area contributed by atoms with Crippen LogP contribution in [0.4, 0.5) is 9.18 Å². The number of ether oxygens (including phenoxy) is 1. The summed E-state index contributed by atoms with van der Waals surface area (Å²) in [7, 11) is 1.56. The van der Waals surface area contributed by atoms with Crippen LogP contribution >= 0.6 is 0 Å². The molecule has 1 aliphatic rings. The molecular weight excluding hydrogens is 339 g/mol. The maximum atomic E-state index is 13.9. The molecule has 1 fully saturated rings. The SMILES string of the molecule is COCCN(Cc1ccccc1F)C(=O)NC(C)c1nc(C2CC2)no1. The lowest BCUT2D eigenvalue weighted by molar-refractivity contribution is 0.143. The number of nitrogens with one attached hydrogen (secondary N) is 1. The first-order valence-corrected chi connectivity index (χ1v) is 8.69. The first-order chi connectivity index (χ1) is 12.6. The minimum Gasteiger partial charge on any atom is -0.383 e. The molecule has 0 aliphatic heterocycles. The van der Waals surface area contributed by atoms with E-state index in [1.54, 1.807) is 32.2 Å². The molecule has 140 valence electrons. The van der Waals surface area contributed by atoms with Crippen LogP contribution in [-0.4, -0.2) is 41.3 Å². The second kappa shape index (κ2) is 8.27. The number of hydrogen-bond acceptors (Lipinski definition) is 5. The zero-order chi connectivity index (χ0) is 18.5. The van der Waals surface area contributed by atoms with E-state index >= 15 is 0 Å². The molecule has 26 heavy (non-hydrogen) atoms. The molecule has 1 aromatic carbocycles. The molecule has 1 N–H and O–H groups in total. The Morgan fingerprint density at radius 1 is 1.46 bits per heavy atom. The first kappa shape index (κ1) is 18.3. The Morgan fingerprint density at radius 2 is 2.23 bits per heavy atom. The molecule has 0 bridgehead atoms. The molecule has 1 unspecified atom stereocenters. The molecular formula is C18H23FN4O3. The Balaban J connectivity index is 1.64. The number of carbonyl (C=O) groups excluding carboxylic acids is 1. The molecule has 2 aromatic rings. The van der Waals surface area contributed by atoms with Gasteiger partial charge in [0.2, 0.25) is 5.89 Å². The van der Waals surface area contributed by atoms with Crippen LogP contribution < -0.4 is 5.32 Å². The predicted molar refractivity (Wildman–Crippen MR) is 91.9 cm³/mol. The molecule has 1 heterocycles. The van der Waals surface area contributed by atoms with Crippen LogP contribution in [0.25, 0.3) is 0 Å². The Bertz CT molecular complexity index is 748. The summed E-state index contributed by atoms with van der Waals surface area (Å²) in [5, 5.41) is 6.79. The number of benzene rings is 1. The summed E-state index contributed by atoms with van der Waals surface area (Å²) in [6, 6.07) is 5.62. The van der Waals surface area contributed by atoms with Gasteiger partial charge in [-0.15, -0.1) is 0 Å². The molecule has 2 amide bonds. The fourth-order valence-corrected chi connectivity index (χ4v) is 2.55. The van der Waals surface area contributed by atoms with Crippen LogP contribution in [-0.2, 0) is 11.3 Å². The Labute approximate surface area is 151 Å². The van der Waals surface area contributed by atoms with Crippen molar-refractivity contribution in [2.75, 3.05) is 20.3 Å². The Morgan fingerprint density at radius 3 is 2.92 bits per heavy atom. The van der Waals surface area contributed by atoms with Crippen LogP contribution in [0, 0.1) is 5.82 Å². The summed E-state index contributed by atoms with van der Waals surface area (Å²) in [4.78, 5) is 18.5. The lowest BCUT2D eigenvalue weighted by Crippen LogP contribution is -2.42. The number of amides is 2. The van der Waals surface area contributed by atoms with Crippen molar-refractivity contribution >= 4 is 6.03 Å². The monoisotopic (exact) mass is 362 g/mol. The van der Waals surface area contributed by atoms with Crippen molar-refractivity contribution in [2.24, 2.45) is 0 Å². The third-order valence-corrected chi connectivity index (χ3v) is 4.28. The molecule has 1 saturated carbocycles. The molecule has 0 saturated heterocycles. The van der Waals surface area contributed by atoms with Gasteiger partial charge in [0.25, 0.3) is 0 Å². The third-order valence-electron chi connectivity index (χ3n) is 4.28. The van der Waals surface area contributed by atoms with E-state index in [2.05, 4.69) is 15.5 Å². The van der Waals surface area contributed by atoms with Gasteiger partial charge in [-0.25, -0.2) is 9.18 Å². The number of halogens is 1. The second-order valence-electron chi connectivity index (χ2n) is 6.44. The summed E-state index contributed by atoms with van der Waals surface area (Å²) in [5.74, 6) is 1.11. The predicted octanol–water partition coefficient (Wildman–Crippen LogP) is 3.01. The maximum Gasteiger partial charge on any atom is 0.318 e. The number of rotatable bonds is 8. The second-order valence-corrected chi connectivity index (χ2v) is 6.44. The molecule has 0 radical (unpaired) electrons. The summed E-state index contributed by atoms with van der Waals surface area (Å²) < 4.78 is 24.2. The van der Waals surface area contributed by atoms with Crippen molar-refractivity contribution < 1.29 is 18.4 Å². The van der Waals surface area contributed by atoms with Gasteiger partial charge in [0.1, 0.15) is 11.9 Å². The highest BCUT2D eigenvalue weighted by Crippen LogP contribution is 2.38. The van der Waals surface area contributed by atoms with Gasteiger partial charge in [0, 0.05) is 25.1 Å². The smallest absolute Gasteiger partial charge is 0.318 e. The van der Waals surface area contributed by atoms with Crippen molar-refractivity contribution in [2.45, 2.75) is 38.3 Å². The third kappa shape index (κ3) is 4.57. The van der Waals surface area contributed by atoms with Crippen molar-refractivity contribution in [1.82, 2.24) is 20.4 Å². The average Bonchev–Trinajstić information content (AvgIpc) is 3.36. The zero-order valence-corrected chi connectivity index (χ0v) is 14.9. The number of carbonyl (C=O) groups is 1. The standard InChI is InChI=1S/C18H23FN4O3/c1-12(17-21-16(22-26-17)13-7-8-13)20-18(24)23(9-10-25-2)11-14-5-3-4-6-15(14)19/h3-6,12-13H,7-11H2,1-2H3,(H,20,24). The van der Waals surface area contributed by atoms with Crippen LogP contribution in [0.5, 0.6) is 0 Å². The molecule has 7 nitrogen and oxygen atoms in total. The van der Waals surface area contributed by atoms with E-state index in [-0.39, 0.29) is 18.4 Å². The Hall–Kier alpha value is -2.48. The van der Waals surface area contributed by atoms with Gasteiger partial charge in [0.15, 0.2) is 5.82 Å². The van der Waals surface area contributed by atoms with Crippen LogP contribution in [0.1, 0.15) is 49.0 Å². The summed E-state index contributed by atoms with van der Waals surface area (Å²) >= 11 is 0. The van der Waals surface area contributed by atoms with E-state index in [9.17, 15) is 9.18 Å². The molecule has 8 heteroatoms. The van der Waals surface area contributed by atoms with E-state index in [0.29, 0.717) is 36.3 Å². The van der Waals surface area contributed by atoms with Gasteiger partial charge in [-0.2, -0.15) is 4.98 Å². The molecule has 1 aromatic heterocycles. The van der Waals surface area contributed by atoms with Crippen molar-refractivity contribution in [3.05, 3.63) is 47.4 Å². The van der Waals surface area contributed by atoms with Gasteiger partial charge in [-0.1, -0.05) is 23.4 Å². The fraction of sp³-hybridized carbons (Fsp3) is 0.500. The van der Waals surface area contributed by atoms with Gasteiger partial charge in [-0.05, 0) is 25.8 Å². The zero-order valence-electron chi connectivity index (χ0n) is 14.9. The van der Waals surface area contributed by atoms with E-state index < -0.39 is 6.04 Å². The molecule has 0 spiro atoms. The topological polar surface area (TPSA) is 80.5 Å². The van der Waals surface area contributed by atoms with Crippen molar-refractivity contribution in [3.63, 3.8) is 0 Å². The minimum absolute atomic E-state index is 0.145. The van der Waals surface area contributed by atoms with E-state index in [1.165, 1.54) is 11.0 Å². The van der Waals surface area contributed by atoms with Crippen LogP contribution in [0.3, 0.4) is 0 Å². The van der Waals surface area contributed by atoms with Gasteiger partial charge in [-0.3, -0.25) is 0 Å². The maximum absolute atomic E-state index is 13.9. The van der Waals surface area contributed by atoms with Gasteiger partial charge < -0.3 is 19.5 Å². The number of urea groups is 1. The average molecular weight is 362 g/mol. The number of aromatic nitrogens is 2. The van der Waals surface area contributed by atoms with Gasteiger partial charge >= 0.3 is 6.03 Å². The molecule has 3 rings (SSSR count). The van der Waals surface area contributed by atoms with E-state index in [4.69, 9.17) is 9.26 Å². The highest BCUT2D eigenvalue weighted by molar-refractivity contribution is 5.74. The van der Waals surface area contributed by atoms with E-state index in [1.807, 2.05) is 0 Å². The first-order valence-electron chi connectivity index (χ1n) is 8.69.